The molecule has 0 bridgehead atoms. The zero-order valence-electron chi connectivity index (χ0n) is 34.2. The van der Waals surface area contributed by atoms with Crippen LogP contribution in [0.25, 0.3) is 0 Å². The molecule has 2 aromatic carbocycles. The Morgan fingerprint density at radius 1 is 0.846 bits per heavy atom. The van der Waals surface area contributed by atoms with Crippen molar-refractivity contribution in [3.8, 4) is 11.5 Å². The molecule has 0 amide bonds. The fourth-order valence-electron chi connectivity index (χ4n) is 6.44. The minimum Gasteiger partial charge on any atom is -0.497 e. The van der Waals surface area contributed by atoms with Gasteiger partial charge in [0.05, 0.1) is 52.4 Å². The van der Waals surface area contributed by atoms with Crippen LogP contribution in [0.3, 0.4) is 0 Å². The third-order valence-corrected chi connectivity index (χ3v) is 15.2. The summed E-state index contributed by atoms with van der Waals surface area (Å²) < 4.78 is 30.4. The van der Waals surface area contributed by atoms with Gasteiger partial charge in [-0.1, -0.05) is 109 Å². The third-order valence-electron chi connectivity index (χ3n) is 10.7. The Labute approximate surface area is 317 Å². The lowest BCUT2D eigenvalue weighted by molar-refractivity contribution is -0.0765. The first kappa shape index (κ1) is 45.4. The number of allylic oxidation sites excluding steroid dienone is 3. The van der Waals surface area contributed by atoms with E-state index >= 15 is 0 Å². The van der Waals surface area contributed by atoms with Crippen LogP contribution in [0.1, 0.15) is 72.9 Å². The molecule has 2 rings (SSSR count). The van der Waals surface area contributed by atoms with Gasteiger partial charge in [0, 0.05) is 30.3 Å². The van der Waals surface area contributed by atoms with Crippen LogP contribution in [0.2, 0.25) is 18.1 Å². The second-order valence-corrected chi connectivity index (χ2v) is 20.9. The van der Waals surface area contributed by atoms with Gasteiger partial charge in [-0.05, 0) is 72.8 Å². The van der Waals surface area contributed by atoms with Crippen molar-refractivity contribution in [1.82, 2.24) is 0 Å². The van der Waals surface area contributed by atoms with Crippen LogP contribution in [0, 0.1) is 29.6 Å². The van der Waals surface area contributed by atoms with E-state index in [1.54, 1.807) is 20.3 Å². The van der Waals surface area contributed by atoms with Crippen LogP contribution in [-0.2, 0) is 27.1 Å². The van der Waals surface area contributed by atoms with E-state index in [-0.39, 0.29) is 53.4 Å². The molecule has 0 saturated carbocycles. The first-order valence-electron chi connectivity index (χ1n) is 18.9. The van der Waals surface area contributed by atoms with Gasteiger partial charge in [-0.3, -0.25) is 0 Å². The Morgan fingerprint density at radius 3 is 1.87 bits per heavy atom. The third kappa shape index (κ3) is 14.3. The average molecular weight is 739 g/mol. The molecular formula is C44H70O7Si. The zero-order chi connectivity index (χ0) is 39.1. The molecule has 0 unspecified atom stereocenters. The van der Waals surface area contributed by atoms with Gasteiger partial charge in [-0.25, -0.2) is 0 Å². The van der Waals surface area contributed by atoms with Crippen molar-refractivity contribution in [1.29, 1.82) is 0 Å². The van der Waals surface area contributed by atoms with Crippen LogP contribution < -0.4 is 9.47 Å². The van der Waals surface area contributed by atoms with E-state index in [4.69, 9.17) is 23.4 Å². The average Bonchev–Trinajstić information content (AvgIpc) is 3.11. The lowest BCUT2D eigenvalue weighted by atomic mass is 9.81. The maximum absolute atomic E-state index is 11.8. The minimum atomic E-state index is -2.11. The Hall–Kier alpha value is -2.72. The molecule has 0 saturated heterocycles. The van der Waals surface area contributed by atoms with Gasteiger partial charge in [-0.15, -0.1) is 0 Å². The first-order chi connectivity index (χ1) is 24.5. The van der Waals surface area contributed by atoms with E-state index in [0.29, 0.717) is 26.2 Å². The van der Waals surface area contributed by atoms with E-state index in [1.165, 1.54) is 0 Å². The van der Waals surface area contributed by atoms with Crippen LogP contribution in [0.15, 0.2) is 85.0 Å². The summed E-state index contributed by atoms with van der Waals surface area (Å²) in [5, 5.41) is 22.4. The molecule has 52 heavy (non-hydrogen) atoms. The second kappa shape index (κ2) is 21.8. The van der Waals surface area contributed by atoms with Gasteiger partial charge in [0.25, 0.3) is 0 Å². The van der Waals surface area contributed by atoms with Gasteiger partial charge < -0.3 is 33.6 Å². The highest BCUT2D eigenvalue weighted by Crippen LogP contribution is 2.40. The van der Waals surface area contributed by atoms with Crippen molar-refractivity contribution in [2.24, 2.45) is 29.6 Å². The number of hydrogen-bond donors (Lipinski definition) is 2. The van der Waals surface area contributed by atoms with Crippen molar-refractivity contribution in [2.45, 2.75) is 111 Å². The molecule has 7 nitrogen and oxygen atoms in total. The predicted octanol–water partition coefficient (Wildman–Crippen LogP) is 9.79. The molecule has 0 aliphatic rings. The molecule has 8 atom stereocenters. The summed E-state index contributed by atoms with van der Waals surface area (Å²) in [6, 6.07) is 15.8. The summed E-state index contributed by atoms with van der Waals surface area (Å²) in [6.45, 7) is 27.2. The topological polar surface area (TPSA) is 86.6 Å². The van der Waals surface area contributed by atoms with E-state index in [9.17, 15) is 10.2 Å². The molecule has 0 spiro atoms. The fourth-order valence-corrected chi connectivity index (χ4v) is 7.92. The first-order valence-corrected chi connectivity index (χ1v) is 21.8. The lowest BCUT2D eigenvalue weighted by Gasteiger charge is -2.42. The fraction of sp³-hybridized carbons (Fsp3) is 0.591. The van der Waals surface area contributed by atoms with Gasteiger partial charge in [0.2, 0.25) is 0 Å². The highest BCUT2D eigenvalue weighted by molar-refractivity contribution is 6.74. The summed E-state index contributed by atoms with van der Waals surface area (Å²) >= 11 is 0. The maximum Gasteiger partial charge on any atom is 0.192 e. The van der Waals surface area contributed by atoms with Crippen molar-refractivity contribution < 1.29 is 33.6 Å². The van der Waals surface area contributed by atoms with Gasteiger partial charge in [0.1, 0.15) is 11.5 Å². The van der Waals surface area contributed by atoms with E-state index < -0.39 is 14.4 Å². The highest BCUT2D eigenvalue weighted by atomic mass is 28.4. The maximum atomic E-state index is 11.8. The molecule has 0 radical (unpaired) electrons. The Morgan fingerprint density at radius 2 is 1.38 bits per heavy atom. The van der Waals surface area contributed by atoms with E-state index in [0.717, 1.165) is 28.2 Å². The van der Waals surface area contributed by atoms with Crippen LogP contribution in [0.5, 0.6) is 11.5 Å². The van der Waals surface area contributed by atoms with Crippen LogP contribution in [-0.4, -0.2) is 64.3 Å². The van der Waals surface area contributed by atoms with Crippen LogP contribution in [0.4, 0.5) is 0 Å². The summed E-state index contributed by atoms with van der Waals surface area (Å²) in [6.07, 6.45) is 7.42. The predicted molar refractivity (Wildman–Crippen MR) is 217 cm³/mol. The van der Waals surface area contributed by atoms with Crippen molar-refractivity contribution in [2.75, 3.05) is 27.4 Å². The molecule has 2 aromatic rings. The SMILES string of the molecule is C=C/C=C\[C@H](C)[C@H](OCc1ccc(OC)cc1)[C@@H](C)[C@@H](O)[C@@H](CO)C/C(C)=C\[C@H](C)[C@@H](O[Si](C)(C)C(C)(C)C)[C@@H](C)COCc1ccc(OC)cc1. The van der Waals surface area contributed by atoms with Crippen molar-refractivity contribution in [3.05, 3.63) is 96.1 Å². The summed E-state index contributed by atoms with van der Waals surface area (Å²) in [5.74, 6) is 1.26. The van der Waals surface area contributed by atoms with Gasteiger partial charge in [-0.2, -0.15) is 0 Å². The number of methoxy groups -OCH3 is 2. The minimum absolute atomic E-state index is 0.0126. The molecule has 0 heterocycles. The highest BCUT2D eigenvalue weighted by Gasteiger charge is 2.41. The van der Waals surface area contributed by atoms with E-state index in [2.05, 4.69) is 80.3 Å². The Bertz CT molecular complexity index is 1360. The summed E-state index contributed by atoms with van der Waals surface area (Å²) in [7, 11) is 1.21. The number of rotatable bonds is 23. The number of ether oxygens (including phenoxy) is 4. The number of benzene rings is 2. The zero-order valence-corrected chi connectivity index (χ0v) is 35.2. The van der Waals surface area contributed by atoms with Gasteiger partial charge in [0.15, 0.2) is 8.32 Å². The summed E-state index contributed by atoms with van der Waals surface area (Å²) in [5.41, 5.74) is 3.23. The molecule has 8 heteroatoms. The van der Waals surface area contributed by atoms with E-state index in [1.807, 2.05) is 61.5 Å². The number of hydrogen-bond acceptors (Lipinski definition) is 7. The monoisotopic (exact) mass is 738 g/mol. The van der Waals surface area contributed by atoms with Crippen LogP contribution >= 0.6 is 0 Å². The normalized spacial score (nSPS) is 17.5. The molecule has 0 aromatic heterocycles. The largest absolute Gasteiger partial charge is 0.497 e. The standard InChI is InChI=1S/C44H70O7Si/c1-14-15-16-32(3)43(50-30-37-19-23-40(48-11)24-20-37)35(6)41(46)38(27-45)26-31(2)25-33(4)42(51-52(12,13)44(7,8)9)34(5)28-49-29-36-17-21-39(47-10)22-18-36/h14-25,32-35,38,41-43,45-46H,1,26-30H2,2-13H3/b16-15-,31-25-/t32-,33-,34-,35-,38+,41+,42+,43-/m0/s1. The molecular weight excluding hydrogens is 669 g/mol. The quantitative estimate of drug-likeness (QED) is 0.0667. The number of aliphatic hydroxyl groups excluding tert-OH is 2. The van der Waals surface area contributed by atoms with Crippen molar-refractivity contribution in [3.63, 3.8) is 0 Å². The van der Waals surface area contributed by atoms with Gasteiger partial charge >= 0.3 is 0 Å². The Balaban J connectivity index is 2.23. The lowest BCUT2D eigenvalue weighted by Crippen LogP contribution is -2.47. The second-order valence-electron chi connectivity index (χ2n) is 16.2. The van der Waals surface area contributed by atoms with Crippen molar-refractivity contribution >= 4 is 8.32 Å². The smallest absolute Gasteiger partial charge is 0.192 e. The molecule has 2 N–H and O–H groups in total. The Kier molecular flexibility index (Phi) is 19.1. The molecule has 0 fully saturated rings. The molecule has 0 aliphatic carbocycles. The number of aliphatic hydroxyl groups is 2. The molecule has 0 aliphatic heterocycles. The molecule has 292 valence electrons. The summed E-state index contributed by atoms with van der Waals surface area (Å²) in [4.78, 5) is 0.